The molecule has 5 nitrogen and oxygen atoms in total. The minimum Gasteiger partial charge on any atom is -0.463 e. The first kappa shape index (κ1) is 21.1. The zero-order valence-electron chi connectivity index (χ0n) is 18.7. The van der Waals surface area contributed by atoms with Gasteiger partial charge in [0.25, 0.3) is 0 Å². The highest BCUT2D eigenvalue weighted by Crippen LogP contribution is 2.69. The van der Waals surface area contributed by atoms with E-state index in [1.807, 2.05) is 6.92 Å². The molecule has 4 aliphatic rings. The molecule has 0 amide bonds. The summed E-state index contributed by atoms with van der Waals surface area (Å²) >= 11 is 0. The summed E-state index contributed by atoms with van der Waals surface area (Å²) in [4.78, 5) is 23.1. The monoisotopic (exact) mass is 406 g/mol. The van der Waals surface area contributed by atoms with Crippen LogP contribution in [0, 0.1) is 34.5 Å². The minimum absolute atomic E-state index is 0.0285. The third kappa shape index (κ3) is 3.32. The van der Waals surface area contributed by atoms with Crippen molar-refractivity contribution in [2.75, 3.05) is 0 Å². The molecule has 29 heavy (non-hydrogen) atoms. The Kier molecular flexibility index (Phi) is 5.08. The van der Waals surface area contributed by atoms with E-state index < -0.39 is 5.60 Å². The second-order valence-corrected chi connectivity index (χ2v) is 11.2. The zero-order valence-corrected chi connectivity index (χ0v) is 18.7. The van der Waals surface area contributed by atoms with Crippen molar-refractivity contribution in [3.05, 3.63) is 0 Å². The van der Waals surface area contributed by atoms with E-state index in [4.69, 9.17) is 9.47 Å². The van der Waals surface area contributed by atoms with E-state index in [-0.39, 0.29) is 40.9 Å². The van der Waals surface area contributed by atoms with Gasteiger partial charge in [0, 0.05) is 19.3 Å². The van der Waals surface area contributed by atoms with Crippen molar-refractivity contribution in [2.24, 2.45) is 34.5 Å². The van der Waals surface area contributed by atoms with Gasteiger partial charge in [-0.05, 0) is 87.4 Å². The molecule has 0 radical (unpaired) electrons. The highest BCUT2D eigenvalue weighted by atomic mass is 16.5. The molecule has 9 atom stereocenters. The molecule has 0 aromatic heterocycles. The van der Waals surface area contributed by atoms with E-state index in [1.54, 1.807) is 0 Å². The molecule has 4 aliphatic carbocycles. The normalized spacial score (nSPS) is 51.4. The number of rotatable bonds is 2. The van der Waals surface area contributed by atoms with Crippen LogP contribution < -0.4 is 0 Å². The molecular weight excluding hydrogens is 368 g/mol. The Bertz CT molecular complexity index is 687. The number of carbonyl (C=O) groups excluding carboxylic acids is 2. The zero-order chi connectivity index (χ0) is 21.2. The van der Waals surface area contributed by atoms with Crippen LogP contribution in [0.5, 0.6) is 0 Å². The van der Waals surface area contributed by atoms with Crippen LogP contribution in [0.25, 0.3) is 0 Å². The first-order valence-corrected chi connectivity index (χ1v) is 11.5. The van der Waals surface area contributed by atoms with Gasteiger partial charge in [-0.3, -0.25) is 9.59 Å². The molecule has 0 spiro atoms. The molecule has 0 aromatic carbocycles. The Morgan fingerprint density at radius 2 is 1.59 bits per heavy atom. The lowest BCUT2D eigenvalue weighted by Gasteiger charge is -2.65. The molecule has 0 bridgehead atoms. The Morgan fingerprint density at radius 3 is 2.24 bits per heavy atom. The summed E-state index contributed by atoms with van der Waals surface area (Å²) < 4.78 is 11.3. The molecule has 0 saturated heterocycles. The lowest BCUT2D eigenvalue weighted by molar-refractivity contribution is -0.228. The maximum Gasteiger partial charge on any atom is 0.302 e. The van der Waals surface area contributed by atoms with Crippen LogP contribution in [-0.2, 0) is 19.1 Å². The number of esters is 2. The predicted molar refractivity (Wildman–Crippen MR) is 109 cm³/mol. The van der Waals surface area contributed by atoms with Gasteiger partial charge in [-0.25, -0.2) is 0 Å². The molecular formula is C24H38O5. The van der Waals surface area contributed by atoms with Crippen molar-refractivity contribution in [2.45, 2.75) is 104 Å². The van der Waals surface area contributed by atoms with Crippen molar-refractivity contribution in [1.29, 1.82) is 0 Å². The van der Waals surface area contributed by atoms with E-state index in [0.717, 1.165) is 44.9 Å². The van der Waals surface area contributed by atoms with Crippen LogP contribution in [0.3, 0.4) is 0 Å². The summed E-state index contributed by atoms with van der Waals surface area (Å²) in [7, 11) is 0. The SMILES string of the molecule is CC(=O)O[C@H]1CC[C@@]2(C)[C@@H](CC[C@H]3[C@@H]4CC[C@@H](OC(C)=O)[C@@]4(C)C[C@](C)(O)[C@@H]32)C1. The van der Waals surface area contributed by atoms with Gasteiger partial charge in [0.1, 0.15) is 12.2 Å². The fraction of sp³-hybridized carbons (Fsp3) is 0.917. The lowest BCUT2D eigenvalue weighted by atomic mass is 9.41. The molecule has 5 heteroatoms. The first-order valence-electron chi connectivity index (χ1n) is 11.5. The minimum atomic E-state index is -0.777. The average molecular weight is 407 g/mol. The molecule has 4 fully saturated rings. The predicted octanol–water partition coefficient (Wildman–Crippen LogP) is 4.25. The smallest absolute Gasteiger partial charge is 0.302 e. The molecule has 1 N–H and O–H groups in total. The van der Waals surface area contributed by atoms with E-state index in [9.17, 15) is 14.7 Å². The summed E-state index contributed by atoms with van der Waals surface area (Å²) in [5, 5.41) is 11.8. The van der Waals surface area contributed by atoms with Gasteiger partial charge < -0.3 is 14.6 Å². The molecule has 0 aliphatic heterocycles. The largest absolute Gasteiger partial charge is 0.463 e. The number of ether oxygens (including phenoxy) is 2. The lowest BCUT2D eigenvalue weighted by Crippen LogP contribution is -2.64. The van der Waals surface area contributed by atoms with Gasteiger partial charge in [0.15, 0.2) is 0 Å². The molecule has 4 rings (SSSR count). The summed E-state index contributed by atoms with van der Waals surface area (Å²) in [6.45, 7) is 9.65. The summed E-state index contributed by atoms with van der Waals surface area (Å²) in [5.74, 6) is 1.31. The Labute approximate surface area is 174 Å². The van der Waals surface area contributed by atoms with Gasteiger partial charge >= 0.3 is 11.9 Å². The Balaban J connectivity index is 1.61. The Hall–Kier alpha value is -1.10. The van der Waals surface area contributed by atoms with Gasteiger partial charge in [-0.2, -0.15) is 0 Å². The van der Waals surface area contributed by atoms with Crippen LogP contribution in [0.2, 0.25) is 0 Å². The highest BCUT2D eigenvalue weighted by Gasteiger charge is 2.67. The molecule has 0 unspecified atom stereocenters. The fourth-order valence-corrected chi connectivity index (χ4v) is 8.69. The summed E-state index contributed by atoms with van der Waals surface area (Å²) in [5.41, 5.74) is -0.848. The van der Waals surface area contributed by atoms with E-state index in [0.29, 0.717) is 24.2 Å². The van der Waals surface area contributed by atoms with Crippen LogP contribution in [0.4, 0.5) is 0 Å². The van der Waals surface area contributed by atoms with Crippen molar-refractivity contribution in [3.63, 3.8) is 0 Å². The second kappa shape index (κ2) is 6.96. The van der Waals surface area contributed by atoms with Crippen LogP contribution in [0.1, 0.15) is 86.0 Å². The van der Waals surface area contributed by atoms with Crippen molar-refractivity contribution >= 4 is 11.9 Å². The van der Waals surface area contributed by atoms with Gasteiger partial charge in [0.05, 0.1) is 5.60 Å². The number of hydrogen-bond donors (Lipinski definition) is 1. The molecule has 164 valence electrons. The van der Waals surface area contributed by atoms with Crippen LogP contribution >= 0.6 is 0 Å². The van der Waals surface area contributed by atoms with E-state index in [2.05, 4.69) is 13.8 Å². The van der Waals surface area contributed by atoms with Gasteiger partial charge in [-0.1, -0.05) is 13.8 Å². The quantitative estimate of drug-likeness (QED) is 0.694. The highest BCUT2D eigenvalue weighted by molar-refractivity contribution is 5.66. The molecule has 4 saturated carbocycles. The second-order valence-electron chi connectivity index (χ2n) is 11.2. The van der Waals surface area contributed by atoms with Crippen molar-refractivity contribution in [1.82, 2.24) is 0 Å². The van der Waals surface area contributed by atoms with Crippen LogP contribution in [-0.4, -0.2) is 34.9 Å². The molecule has 0 heterocycles. The topological polar surface area (TPSA) is 72.8 Å². The average Bonchev–Trinajstić information content (AvgIpc) is 2.88. The number of carbonyl (C=O) groups is 2. The molecule has 0 aromatic rings. The van der Waals surface area contributed by atoms with Crippen molar-refractivity contribution < 1.29 is 24.2 Å². The van der Waals surface area contributed by atoms with Crippen molar-refractivity contribution in [3.8, 4) is 0 Å². The third-order valence-corrected chi connectivity index (χ3v) is 9.36. The number of hydrogen-bond acceptors (Lipinski definition) is 5. The fourth-order valence-electron chi connectivity index (χ4n) is 8.69. The van der Waals surface area contributed by atoms with Gasteiger partial charge in [-0.15, -0.1) is 0 Å². The number of fused-ring (bicyclic) bond motifs is 5. The Morgan fingerprint density at radius 1 is 0.897 bits per heavy atom. The van der Waals surface area contributed by atoms with Crippen LogP contribution in [0.15, 0.2) is 0 Å². The summed E-state index contributed by atoms with van der Waals surface area (Å²) in [6, 6.07) is 0. The maximum absolute atomic E-state index is 11.8. The van der Waals surface area contributed by atoms with E-state index >= 15 is 0 Å². The number of aliphatic hydroxyl groups is 1. The summed E-state index contributed by atoms with van der Waals surface area (Å²) in [6.07, 6.45) is 7.71. The maximum atomic E-state index is 11.8. The van der Waals surface area contributed by atoms with E-state index in [1.165, 1.54) is 13.8 Å². The first-order chi connectivity index (χ1) is 13.5. The standard InChI is InChI=1S/C24H38O5/c1-14(25)28-17-10-11-22(3)16(12-17)6-7-18-19-8-9-20(29-15(2)26)23(19,4)13-24(5,27)21(18)22/h16-21,27H,6-13H2,1-5H3/t16-,17-,18-,19-,20+,21-,22-,23-,24-/m0/s1. The third-order valence-electron chi connectivity index (χ3n) is 9.36. The van der Waals surface area contributed by atoms with Gasteiger partial charge in [0.2, 0.25) is 0 Å².